The molecule has 0 aromatic heterocycles. The van der Waals surface area contributed by atoms with Crippen molar-refractivity contribution in [2.45, 2.75) is 109 Å². The van der Waals surface area contributed by atoms with Crippen molar-refractivity contribution < 1.29 is 51.0 Å². The number of halogens is 2. The van der Waals surface area contributed by atoms with Gasteiger partial charge in [-0.3, -0.25) is 0 Å². The Labute approximate surface area is 350 Å². The van der Waals surface area contributed by atoms with E-state index in [1.165, 1.54) is 126 Å². The summed E-state index contributed by atoms with van der Waals surface area (Å²) in [5.74, 6) is 4.42. The molecule has 5 aliphatic carbocycles. The molecule has 0 unspecified atom stereocenters. The van der Waals surface area contributed by atoms with Gasteiger partial charge in [-0.05, 0) is 109 Å². The predicted molar refractivity (Wildman–Crippen MR) is 214 cm³/mol. The van der Waals surface area contributed by atoms with Gasteiger partial charge in [-0.2, -0.15) is 12.1 Å². The summed E-state index contributed by atoms with van der Waals surface area (Å²) in [6, 6.07) is 41.9. The zero-order valence-electron chi connectivity index (χ0n) is 31.8. The Balaban J connectivity index is 0.000000172. The summed E-state index contributed by atoms with van der Waals surface area (Å²) in [6.07, 6.45) is 15.9. The van der Waals surface area contributed by atoms with Crippen LogP contribution in [0, 0.1) is 24.7 Å². The van der Waals surface area contributed by atoms with E-state index in [0.29, 0.717) is 11.3 Å². The molecule has 0 saturated heterocycles. The predicted octanol–water partition coefficient (Wildman–Crippen LogP) is 8.40. The van der Waals surface area contributed by atoms with Crippen LogP contribution in [0.4, 0.5) is 0 Å². The minimum absolute atomic E-state index is 0. The average molecular weight is 817 g/mol. The van der Waals surface area contributed by atoms with Crippen LogP contribution in [0.25, 0.3) is 43.8 Å². The molecular weight excluding hydrogens is 763 g/mol. The maximum atomic E-state index is 2.47. The zero-order valence-corrected chi connectivity index (χ0v) is 35.8. The van der Waals surface area contributed by atoms with Crippen LogP contribution in [-0.4, -0.2) is 0 Å². The molecular formula is C50H54Cl2Zr. The van der Waals surface area contributed by atoms with Gasteiger partial charge < -0.3 is 24.8 Å². The molecule has 6 aromatic carbocycles. The van der Waals surface area contributed by atoms with E-state index in [1.807, 2.05) is 0 Å². The minimum atomic E-state index is 0. The van der Waals surface area contributed by atoms with Crippen LogP contribution in [0.1, 0.15) is 119 Å². The van der Waals surface area contributed by atoms with Crippen LogP contribution in [0.2, 0.25) is 0 Å². The zero-order chi connectivity index (χ0) is 33.8. The van der Waals surface area contributed by atoms with Gasteiger partial charge in [0.05, 0.1) is 0 Å². The maximum Gasteiger partial charge on any atom is 4.00 e. The summed E-state index contributed by atoms with van der Waals surface area (Å²) in [4.78, 5) is 0. The quantitative estimate of drug-likeness (QED) is 0.154. The van der Waals surface area contributed by atoms with E-state index >= 15 is 0 Å². The molecule has 5 saturated carbocycles. The summed E-state index contributed by atoms with van der Waals surface area (Å²) >= 11 is 0. The van der Waals surface area contributed by atoms with Crippen LogP contribution in [-0.2, 0) is 31.6 Å². The van der Waals surface area contributed by atoms with Gasteiger partial charge in [0.1, 0.15) is 0 Å². The molecule has 53 heavy (non-hydrogen) atoms. The SMILES string of the molecule is CC(C)c1ccc(-c2cccc3[cH-]c(C4CCCCC4)cc23)cc1.Cc1cc2c(-c3ccc(C45CC6CC(CC(C6)C4)C5)cc3)cccc2[cH-]1.[Cl-].[Cl-].[Zr+4]. The van der Waals surface area contributed by atoms with Crippen molar-refractivity contribution in [3.8, 4) is 22.3 Å². The molecule has 0 aliphatic heterocycles. The van der Waals surface area contributed by atoms with Crippen molar-refractivity contribution >= 4 is 21.5 Å². The number of rotatable bonds is 5. The molecule has 0 radical (unpaired) electrons. The first-order valence-corrected chi connectivity index (χ1v) is 20.0. The molecule has 0 N–H and O–H groups in total. The first-order chi connectivity index (χ1) is 24.4. The second-order valence-corrected chi connectivity index (χ2v) is 17.3. The fourth-order valence-corrected chi connectivity index (χ4v) is 11.3. The Hall–Kier alpha value is -2.44. The van der Waals surface area contributed by atoms with Gasteiger partial charge in [0, 0.05) is 0 Å². The Morgan fingerprint density at radius 2 is 1.11 bits per heavy atom. The molecule has 0 atom stereocenters. The Kier molecular flexibility index (Phi) is 12.7. The standard InChI is InChI=1S/C26H27.C24H27.2ClH.Zr/c1-17-9-22-3-2-4-24(25(22)10-17)21-5-7-23(8-6-21)26-14-18-11-19(15-26)13-20(12-18)16-26;1-17(2)18-11-13-20(14-12-18)23-10-6-9-21-15-22(16-24(21)23)19-7-4-3-5-8-19;;;/h2-10,18-20H,11-16H2,1H3;6,9-17,19H,3-5,7-8H2,1-2H3;2*1H;/q2*-1;;;+4/p-2. The van der Waals surface area contributed by atoms with Crippen molar-refractivity contribution in [1.29, 1.82) is 0 Å². The van der Waals surface area contributed by atoms with Crippen molar-refractivity contribution in [2.24, 2.45) is 17.8 Å². The van der Waals surface area contributed by atoms with E-state index in [0.717, 1.165) is 23.7 Å². The molecule has 0 spiro atoms. The number of fused-ring (bicyclic) bond motifs is 2. The van der Waals surface area contributed by atoms with E-state index in [2.05, 4.69) is 130 Å². The first-order valence-electron chi connectivity index (χ1n) is 20.0. The topological polar surface area (TPSA) is 0 Å². The number of aryl methyl sites for hydroxylation is 1. The van der Waals surface area contributed by atoms with Gasteiger partial charge in [-0.25, -0.2) is 0 Å². The molecule has 4 bridgehead atoms. The summed E-state index contributed by atoms with van der Waals surface area (Å²) in [5.41, 5.74) is 11.9. The number of benzene rings is 4. The summed E-state index contributed by atoms with van der Waals surface area (Å²) in [7, 11) is 0. The molecule has 0 amide bonds. The van der Waals surface area contributed by atoms with E-state index in [4.69, 9.17) is 0 Å². The molecule has 11 rings (SSSR count). The minimum Gasteiger partial charge on any atom is -1.00 e. The van der Waals surface area contributed by atoms with E-state index in [1.54, 1.807) is 11.1 Å². The van der Waals surface area contributed by atoms with Crippen LogP contribution in [0.15, 0.2) is 109 Å². The van der Waals surface area contributed by atoms with Crippen LogP contribution in [0.3, 0.4) is 0 Å². The van der Waals surface area contributed by atoms with Gasteiger partial charge >= 0.3 is 26.2 Å². The smallest absolute Gasteiger partial charge is 1.00 e. The monoisotopic (exact) mass is 814 g/mol. The third-order valence-electron chi connectivity index (χ3n) is 13.5. The van der Waals surface area contributed by atoms with Gasteiger partial charge in [0.15, 0.2) is 0 Å². The van der Waals surface area contributed by atoms with E-state index < -0.39 is 0 Å². The summed E-state index contributed by atoms with van der Waals surface area (Å²) in [5, 5.41) is 5.59. The van der Waals surface area contributed by atoms with Gasteiger partial charge in [-0.15, -0.1) is 69.1 Å². The molecule has 272 valence electrons. The molecule has 6 aromatic rings. The van der Waals surface area contributed by atoms with Crippen molar-refractivity contribution in [3.05, 3.63) is 131 Å². The summed E-state index contributed by atoms with van der Waals surface area (Å²) < 4.78 is 0. The second kappa shape index (κ2) is 16.7. The van der Waals surface area contributed by atoms with Crippen molar-refractivity contribution in [3.63, 3.8) is 0 Å². The number of hydrogen-bond donors (Lipinski definition) is 0. The van der Waals surface area contributed by atoms with Crippen LogP contribution in [0.5, 0.6) is 0 Å². The summed E-state index contributed by atoms with van der Waals surface area (Å²) in [6.45, 7) is 6.70. The number of hydrogen-bond acceptors (Lipinski definition) is 0. The molecule has 0 nitrogen and oxygen atoms in total. The first kappa shape index (κ1) is 40.2. The fourth-order valence-electron chi connectivity index (χ4n) is 11.3. The molecule has 5 fully saturated rings. The fraction of sp³-hybridized carbons (Fsp3) is 0.400. The van der Waals surface area contributed by atoms with Crippen molar-refractivity contribution in [1.82, 2.24) is 0 Å². The molecule has 3 heteroatoms. The second-order valence-electron chi connectivity index (χ2n) is 17.3. The third-order valence-corrected chi connectivity index (χ3v) is 13.5. The largest absolute Gasteiger partial charge is 4.00 e. The molecule has 0 heterocycles. The third kappa shape index (κ3) is 7.98. The van der Waals surface area contributed by atoms with Gasteiger partial charge in [-0.1, -0.05) is 112 Å². The van der Waals surface area contributed by atoms with Crippen LogP contribution < -0.4 is 24.8 Å². The van der Waals surface area contributed by atoms with Crippen LogP contribution >= 0.6 is 0 Å². The van der Waals surface area contributed by atoms with Gasteiger partial charge in [0.2, 0.25) is 0 Å². The molecule has 5 aliphatic rings. The Bertz CT molecular complexity index is 2070. The maximum absolute atomic E-state index is 2.47. The average Bonchev–Trinajstić information content (AvgIpc) is 3.75. The van der Waals surface area contributed by atoms with Gasteiger partial charge in [0.25, 0.3) is 0 Å². The normalized spacial score (nSPS) is 23.2. The Morgan fingerprint density at radius 3 is 1.66 bits per heavy atom. The van der Waals surface area contributed by atoms with E-state index in [-0.39, 0.29) is 51.0 Å². The van der Waals surface area contributed by atoms with Crippen molar-refractivity contribution in [2.75, 3.05) is 0 Å². The van der Waals surface area contributed by atoms with E-state index in [9.17, 15) is 0 Å². The Morgan fingerprint density at radius 1 is 0.604 bits per heavy atom.